The molecule has 1 unspecified atom stereocenters. The highest BCUT2D eigenvalue weighted by Crippen LogP contribution is 2.49. The first-order valence-corrected chi connectivity index (χ1v) is 21.3. The van der Waals surface area contributed by atoms with Crippen LogP contribution in [0.15, 0.2) is 228 Å². The highest BCUT2D eigenvalue weighted by atomic mass is 15.0. The molecule has 10 aromatic carbocycles. The van der Waals surface area contributed by atoms with Crippen molar-refractivity contribution in [1.29, 1.82) is 0 Å². The summed E-state index contributed by atoms with van der Waals surface area (Å²) in [5.41, 5.74) is 17.7. The molecule has 0 saturated heterocycles. The van der Waals surface area contributed by atoms with Gasteiger partial charge in [0.1, 0.15) is 0 Å². The number of nitrogens with zero attached hydrogens (tertiary/aromatic N) is 3. The zero-order valence-corrected chi connectivity index (χ0v) is 33.7. The van der Waals surface area contributed by atoms with Crippen LogP contribution >= 0.6 is 0 Å². The van der Waals surface area contributed by atoms with Crippen LogP contribution in [-0.2, 0) is 0 Å². The average molecular weight is 788 g/mol. The van der Waals surface area contributed by atoms with E-state index >= 15 is 0 Å². The molecule has 0 bridgehead atoms. The molecule has 0 amide bonds. The summed E-state index contributed by atoms with van der Waals surface area (Å²) in [6.07, 6.45) is 0. The average Bonchev–Trinajstić information content (AvgIpc) is 3.84. The van der Waals surface area contributed by atoms with E-state index in [4.69, 9.17) is 9.98 Å². The number of benzene rings is 10. The SMILES string of the molecule is c1ccc(C2c3ccccc3-c3cc(C4=Nc5cc6ccccc6cc5C(c5ccc6c(c5)c5ccccc5n6-c5ccccc5)=Nc5cc6ccccc6cc54)ccc32)cc1. The van der Waals surface area contributed by atoms with Crippen molar-refractivity contribution in [3.63, 3.8) is 0 Å². The van der Waals surface area contributed by atoms with E-state index in [1.165, 1.54) is 44.1 Å². The summed E-state index contributed by atoms with van der Waals surface area (Å²) in [5.74, 6) is 0.172. The second kappa shape index (κ2) is 13.7. The predicted octanol–water partition coefficient (Wildman–Crippen LogP) is 14.9. The van der Waals surface area contributed by atoms with Gasteiger partial charge in [-0.05, 0) is 110 Å². The first-order valence-electron chi connectivity index (χ1n) is 21.3. The molecular formula is C59H37N3. The van der Waals surface area contributed by atoms with Gasteiger partial charge < -0.3 is 4.57 Å². The van der Waals surface area contributed by atoms with Gasteiger partial charge in [-0.3, -0.25) is 0 Å². The van der Waals surface area contributed by atoms with Crippen LogP contribution in [0.3, 0.4) is 0 Å². The number of hydrogen-bond acceptors (Lipinski definition) is 2. The van der Waals surface area contributed by atoms with Gasteiger partial charge in [-0.1, -0.05) is 158 Å². The van der Waals surface area contributed by atoms with Crippen molar-refractivity contribution in [2.24, 2.45) is 9.98 Å². The van der Waals surface area contributed by atoms with Gasteiger partial charge in [0, 0.05) is 44.6 Å². The third kappa shape index (κ3) is 5.38. The van der Waals surface area contributed by atoms with E-state index in [1.54, 1.807) is 0 Å². The lowest BCUT2D eigenvalue weighted by Gasteiger charge is -2.20. The van der Waals surface area contributed by atoms with Crippen LogP contribution in [0.2, 0.25) is 0 Å². The van der Waals surface area contributed by atoms with Gasteiger partial charge in [-0.2, -0.15) is 0 Å². The van der Waals surface area contributed by atoms with Crippen molar-refractivity contribution in [3.8, 4) is 16.8 Å². The normalized spacial score (nSPS) is 14.2. The highest BCUT2D eigenvalue weighted by Gasteiger charge is 2.31. The fourth-order valence-corrected chi connectivity index (χ4v) is 10.2. The largest absolute Gasteiger partial charge is 0.309 e. The van der Waals surface area contributed by atoms with E-state index in [1.807, 2.05) is 0 Å². The van der Waals surface area contributed by atoms with Crippen molar-refractivity contribution in [2.75, 3.05) is 0 Å². The standard InChI is InChI=1S/C59H37N3/c1-3-15-37(16-4-1)57-47-25-12-11-23-45(47)49-33-42(27-29-48(49)57)58-51-31-38-17-7-9-19-40(38)35-53(51)61-59(52-32-39-18-8-10-20-41(39)36-54(52)60-58)43-28-30-56-50(34-43)46-24-13-14-26-55(46)62(56)44-21-5-2-6-22-44/h1-36,57H. The molecule has 0 spiro atoms. The topological polar surface area (TPSA) is 29.6 Å². The Balaban J connectivity index is 1.07. The number of aromatic nitrogens is 1. The maximum absolute atomic E-state index is 5.79. The maximum Gasteiger partial charge on any atom is 0.0803 e. The molecule has 13 rings (SSSR count). The van der Waals surface area contributed by atoms with Crippen molar-refractivity contribution in [3.05, 3.63) is 257 Å². The minimum Gasteiger partial charge on any atom is -0.309 e. The van der Waals surface area contributed by atoms with Crippen LogP contribution < -0.4 is 0 Å². The summed E-state index contributed by atoms with van der Waals surface area (Å²) in [4.78, 5) is 11.6. The monoisotopic (exact) mass is 787 g/mol. The number of para-hydroxylation sites is 2. The third-order valence-electron chi connectivity index (χ3n) is 13.0. The summed E-state index contributed by atoms with van der Waals surface area (Å²) < 4.78 is 2.37. The lowest BCUT2D eigenvalue weighted by atomic mass is 9.88. The highest BCUT2D eigenvalue weighted by molar-refractivity contribution is 6.25. The fraction of sp³-hybridized carbons (Fsp3) is 0.0169. The van der Waals surface area contributed by atoms with E-state index < -0.39 is 0 Å². The predicted molar refractivity (Wildman–Crippen MR) is 259 cm³/mol. The second-order valence-electron chi connectivity index (χ2n) is 16.5. The molecule has 3 heteroatoms. The van der Waals surface area contributed by atoms with E-state index in [-0.39, 0.29) is 5.92 Å². The van der Waals surface area contributed by atoms with E-state index in [2.05, 4.69) is 223 Å². The minimum absolute atomic E-state index is 0.172. The Morgan fingerprint density at radius 1 is 0.339 bits per heavy atom. The third-order valence-corrected chi connectivity index (χ3v) is 13.0. The zero-order valence-electron chi connectivity index (χ0n) is 33.7. The first-order chi connectivity index (χ1) is 30.7. The number of aliphatic imine (C=N–C) groups is 2. The summed E-state index contributed by atoms with van der Waals surface area (Å²) in [6.45, 7) is 0. The summed E-state index contributed by atoms with van der Waals surface area (Å²) in [6, 6.07) is 79.2. The molecule has 0 radical (unpaired) electrons. The summed E-state index contributed by atoms with van der Waals surface area (Å²) in [7, 11) is 0. The molecular weight excluding hydrogens is 751 g/mol. The Hall–Kier alpha value is -8.14. The quantitative estimate of drug-likeness (QED) is 0.170. The molecule has 1 atom stereocenters. The Labute approximate surface area is 359 Å². The Bertz CT molecular complexity index is 3690. The van der Waals surface area contributed by atoms with Gasteiger partial charge in [-0.15, -0.1) is 0 Å². The molecule has 1 aliphatic heterocycles. The van der Waals surface area contributed by atoms with Gasteiger partial charge >= 0.3 is 0 Å². The molecule has 2 heterocycles. The van der Waals surface area contributed by atoms with Gasteiger partial charge in [0.25, 0.3) is 0 Å². The summed E-state index contributed by atoms with van der Waals surface area (Å²) >= 11 is 0. The van der Waals surface area contributed by atoms with Crippen LogP contribution in [0.1, 0.15) is 44.9 Å². The lowest BCUT2D eigenvalue weighted by molar-refractivity contribution is 1.01. The van der Waals surface area contributed by atoms with Gasteiger partial charge in [0.2, 0.25) is 0 Å². The fourth-order valence-electron chi connectivity index (χ4n) is 10.2. The van der Waals surface area contributed by atoms with Crippen LogP contribution in [0.25, 0.3) is 60.2 Å². The van der Waals surface area contributed by atoms with Crippen molar-refractivity contribution >= 4 is 66.1 Å². The zero-order chi connectivity index (χ0) is 40.7. The molecule has 288 valence electrons. The molecule has 0 fully saturated rings. The minimum atomic E-state index is 0.172. The Morgan fingerprint density at radius 2 is 0.855 bits per heavy atom. The number of hydrogen-bond donors (Lipinski definition) is 0. The van der Waals surface area contributed by atoms with Gasteiger partial charge in [0.05, 0.1) is 33.8 Å². The van der Waals surface area contributed by atoms with E-state index in [9.17, 15) is 0 Å². The smallest absolute Gasteiger partial charge is 0.0803 e. The molecule has 62 heavy (non-hydrogen) atoms. The van der Waals surface area contributed by atoms with E-state index in [0.29, 0.717) is 0 Å². The van der Waals surface area contributed by atoms with Crippen molar-refractivity contribution in [2.45, 2.75) is 5.92 Å². The van der Waals surface area contributed by atoms with Crippen molar-refractivity contribution in [1.82, 2.24) is 4.57 Å². The van der Waals surface area contributed by atoms with Crippen LogP contribution in [0.5, 0.6) is 0 Å². The molecule has 3 nitrogen and oxygen atoms in total. The Kier molecular flexibility index (Phi) is 7.67. The number of fused-ring (bicyclic) bond motifs is 10. The summed E-state index contributed by atoms with van der Waals surface area (Å²) in [5, 5.41) is 6.98. The Morgan fingerprint density at radius 3 is 1.55 bits per heavy atom. The first kappa shape index (κ1) is 34.7. The second-order valence-corrected chi connectivity index (χ2v) is 16.5. The van der Waals surface area contributed by atoms with E-state index in [0.717, 1.165) is 77.8 Å². The van der Waals surface area contributed by atoms with Gasteiger partial charge in [0.15, 0.2) is 0 Å². The molecule has 1 aromatic heterocycles. The molecule has 11 aromatic rings. The van der Waals surface area contributed by atoms with Crippen LogP contribution in [0.4, 0.5) is 11.4 Å². The maximum atomic E-state index is 5.79. The van der Waals surface area contributed by atoms with Gasteiger partial charge in [-0.25, -0.2) is 9.98 Å². The molecule has 0 saturated carbocycles. The molecule has 2 aliphatic rings. The number of rotatable bonds is 4. The van der Waals surface area contributed by atoms with Crippen LogP contribution in [0, 0.1) is 0 Å². The lowest BCUT2D eigenvalue weighted by Crippen LogP contribution is -2.11. The molecule has 1 aliphatic carbocycles. The van der Waals surface area contributed by atoms with Crippen molar-refractivity contribution < 1.29 is 0 Å². The van der Waals surface area contributed by atoms with Crippen LogP contribution in [-0.4, -0.2) is 16.0 Å². The molecule has 0 N–H and O–H groups in total.